The van der Waals surface area contributed by atoms with Crippen molar-refractivity contribution in [3.05, 3.63) is 11.2 Å². The van der Waals surface area contributed by atoms with E-state index >= 15 is 0 Å². The Morgan fingerprint density at radius 3 is 2.56 bits per heavy atom. The van der Waals surface area contributed by atoms with Crippen molar-refractivity contribution in [2.24, 2.45) is 7.05 Å². The van der Waals surface area contributed by atoms with Crippen molar-refractivity contribution in [2.45, 2.75) is 77.2 Å². The molecule has 0 unspecified atom stereocenters. The summed E-state index contributed by atoms with van der Waals surface area (Å²) in [6.07, 6.45) is 2.05. The molecule has 1 aliphatic rings. The third-order valence-corrected chi connectivity index (χ3v) is 5.90. The van der Waals surface area contributed by atoms with Crippen LogP contribution in [-0.2, 0) is 16.6 Å². The Kier molecular flexibility index (Phi) is 8.10. The molecule has 178 valence electrons. The second-order valence-electron chi connectivity index (χ2n) is 8.11. The van der Waals surface area contributed by atoms with Crippen LogP contribution in [0.2, 0.25) is 5.02 Å². The number of halogens is 3. The van der Waals surface area contributed by atoms with Gasteiger partial charge in [0.15, 0.2) is 6.61 Å². The number of fused-ring (bicyclic) bond motifs is 1. The molecule has 1 amide bonds. The molecule has 1 fully saturated rings. The van der Waals surface area contributed by atoms with E-state index in [1.807, 2.05) is 13.8 Å². The number of amides is 1. The van der Waals surface area contributed by atoms with E-state index in [9.17, 15) is 13.6 Å². The molecule has 1 N–H and O–H groups in total. The standard InChI is InChI=1S/C21H29ClF2N4O4/c1-11(26-13(3)29)12(2)31-14-5-7-15(8-6-14)32-21-27-16-9-25-20(30-10-17(23)24)18(22)19(16)28(21)4/h9,11-12,14-15,17H,5-8,10H2,1-4H3,(H,26,29)/t11-,12-,14?,15?/m0/s1. The van der Waals surface area contributed by atoms with Crippen LogP contribution in [0.25, 0.3) is 11.0 Å². The maximum atomic E-state index is 12.4. The van der Waals surface area contributed by atoms with Crippen LogP contribution < -0.4 is 14.8 Å². The molecule has 11 heteroatoms. The Bertz CT molecular complexity index is 934. The SMILES string of the molecule is CC(=O)N[C@@H](C)[C@H](C)OC1CCC(Oc2nc3cnc(OCC(F)F)c(Cl)c3n2C)CC1. The first-order valence-corrected chi connectivity index (χ1v) is 11.0. The van der Waals surface area contributed by atoms with Crippen LogP contribution in [0.1, 0.15) is 46.5 Å². The minimum atomic E-state index is -2.62. The maximum Gasteiger partial charge on any atom is 0.297 e. The summed E-state index contributed by atoms with van der Waals surface area (Å²) < 4.78 is 43.8. The van der Waals surface area contributed by atoms with E-state index in [0.717, 1.165) is 25.7 Å². The second kappa shape index (κ2) is 10.6. The fraction of sp³-hybridized carbons (Fsp3) is 0.667. The zero-order valence-electron chi connectivity index (χ0n) is 18.6. The van der Waals surface area contributed by atoms with Crippen LogP contribution in [0, 0.1) is 0 Å². The molecule has 0 aliphatic heterocycles. The molecule has 0 aromatic carbocycles. The summed E-state index contributed by atoms with van der Waals surface area (Å²) >= 11 is 6.32. The summed E-state index contributed by atoms with van der Waals surface area (Å²) in [5, 5.41) is 2.97. The minimum absolute atomic E-state index is 0.0327. The lowest BCUT2D eigenvalue weighted by Gasteiger charge is -2.32. The van der Waals surface area contributed by atoms with Gasteiger partial charge in [-0.2, -0.15) is 4.98 Å². The molecule has 3 rings (SSSR count). The topological polar surface area (TPSA) is 87.5 Å². The lowest BCUT2D eigenvalue weighted by atomic mass is 9.94. The van der Waals surface area contributed by atoms with E-state index in [-0.39, 0.29) is 41.2 Å². The zero-order valence-corrected chi connectivity index (χ0v) is 19.4. The molecule has 1 aliphatic carbocycles. The summed E-state index contributed by atoms with van der Waals surface area (Å²) in [5.41, 5.74) is 1.01. The van der Waals surface area contributed by atoms with Crippen molar-refractivity contribution in [3.63, 3.8) is 0 Å². The van der Waals surface area contributed by atoms with Crippen molar-refractivity contribution in [3.8, 4) is 11.9 Å². The quantitative estimate of drug-likeness (QED) is 0.593. The number of hydrogen-bond acceptors (Lipinski definition) is 6. The molecule has 0 radical (unpaired) electrons. The lowest BCUT2D eigenvalue weighted by Crippen LogP contribution is -2.42. The Morgan fingerprint density at radius 1 is 1.28 bits per heavy atom. The van der Waals surface area contributed by atoms with Crippen molar-refractivity contribution in [1.82, 2.24) is 19.9 Å². The fourth-order valence-electron chi connectivity index (χ4n) is 3.77. The van der Waals surface area contributed by atoms with Crippen LogP contribution >= 0.6 is 11.6 Å². The molecule has 32 heavy (non-hydrogen) atoms. The van der Waals surface area contributed by atoms with E-state index < -0.39 is 13.0 Å². The first-order chi connectivity index (χ1) is 15.2. The van der Waals surface area contributed by atoms with Gasteiger partial charge in [-0.05, 0) is 39.5 Å². The van der Waals surface area contributed by atoms with Gasteiger partial charge in [-0.15, -0.1) is 0 Å². The lowest BCUT2D eigenvalue weighted by molar-refractivity contribution is -0.121. The fourth-order valence-corrected chi connectivity index (χ4v) is 4.10. The third-order valence-electron chi connectivity index (χ3n) is 5.56. The molecule has 0 spiro atoms. The largest absolute Gasteiger partial charge is 0.470 e. The first-order valence-electron chi connectivity index (χ1n) is 10.7. The monoisotopic (exact) mass is 474 g/mol. The molecule has 0 saturated heterocycles. The minimum Gasteiger partial charge on any atom is -0.470 e. The van der Waals surface area contributed by atoms with Gasteiger partial charge in [0.05, 0.1) is 30.0 Å². The number of ether oxygens (including phenoxy) is 3. The highest BCUT2D eigenvalue weighted by molar-refractivity contribution is 6.36. The number of alkyl halides is 2. The number of pyridine rings is 1. The number of aryl methyl sites for hydroxylation is 1. The maximum absolute atomic E-state index is 12.4. The summed E-state index contributed by atoms with van der Waals surface area (Å²) in [4.78, 5) is 19.6. The highest BCUT2D eigenvalue weighted by atomic mass is 35.5. The van der Waals surface area contributed by atoms with Crippen molar-refractivity contribution < 1.29 is 27.8 Å². The van der Waals surface area contributed by atoms with Crippen LogP contribution in [0.15, 0.2) is 6.20 Å². The summed E-state index contributed by atoms with van der Waals surface area (Å²) in [6, 6.07) is 0.320. The normalized spacial score (nSPS) is 20.9. The van der Waals surface area contributed by atoms with Gasteiger partial charge in [-0.25, -0.2) is 13.8 Å². The number of nitrogens with one attached hydrogen (secondary N) is 1. The molecule has 2 atom stereocenters. The molecule has 0 bridgehead atoms. The Hall–Kier alpha value is -2.20. The molecule has 2 aromatic heterocycles. The average Bonchev–Trinajstić information content (AvgIpc) is 3.04. The van der Waals surface area contributed by atoms with Gasteiger partial charge in [0.1, 0.15) is 16.6 Å². The first kappa shape index (κ1) is 24.4. The highest BCUT2D eigenvalue weighted by Crippen LogP contribution is 2.34. The number of aromatic nitrogens is 3. The molecule has 2 aromatic rings. The average molecular weight is 475 g/mol. The third kappa shape index (κ3) is 5.98. The van der Waals surface area contributed by atoms with E-state index in [0.29, 0.717) is 17.0 Å². The predicted octanol–water partition coefficient (Wildman–Crippen LogP) is 3.89. The summed E-state index contributed by atoms with van der Waals surface area (Å²) in [6.45, 7) is 4.59. The molecular weight excluding hydrogens is 446 g/mol. The van der Waals surface area contributed by atoms with Crippen molar-refractivity contribution >= 4 is 28.5 Å². The predicted molar refractivity (Wildman–Crippen MR) is 116 cm³/mol. The van der Waals surface area contributed by atoms with Crippen LogP contribution in [0.3, 0.4) is 0 Å². The highest BCUT2D eigenvalue weighted by Gasteiger charge is 2.27. The van der Waals surface area contributed by atoms with Crippen LogP contribution in [0.5, 0.6) is 11.9 Å². The Labute approximate surface area is 190 Å². The van der Waals surface area contributed by atoms with Crippen LogP contribution in [-0.4, -0.2) is 57.8 Å². The molecule has 8 nitrogen and oxygen atoms in total. The Balaban J connectivity index is 1.59. The van der Waals surface area contributed by atoms with Gasteiger partial charge >= 0.3 is 0 Å². The number of imidazole rings is 1. The van der Waals surface area contributed by atoms with Gasteiger partial charge in [-0.1, -0.05) is 11.6 Å². The van der Waals surface area contributed by atoms with Gasteiger partial charge in [0.2, 0.25) is 11.8 Å². The number of nitrogens with zero attached hydrogens (tertiary/aromatic N) is 3. The molecule has 2 heterocycles. The van der Waals surface area contributed by atoms with Gasteiger partial charge in [0, 0.05) is 14.0 Å². The summed E-state index contributed by atoms with van der Waals surface area (Å²) in [5.74, 6) is -0.134. The van der Waals surface area contributed by atoms with E-state index in [1.54, 1.807) is 11.6 Å². The number of hydrogen-bond donors (Lipinski definition) is 1. The number of carbonyl (C=O) groups excluding carboxylic acids is 1. The van der Waals surface area contributed by atoms with E-state index in [4.69, 9.17) is 25.8 Å². The number of carbonyl (C=O) groups is 1. The van der Waals surface area contributed by atoms with E-state index in [2.05, 4.69) is 15.3 Å². The smallest absolute Gasteiger partial charge is 0.297 e. The van der Waals surface area contributed by atoms with Crippen molar-refractivity contribution in [1.29, 1.82) is 0 Å². The molecule has 1 saturated carbocycles. The zero-order chi connectivity index (χ0) is 23.4. The Morgan fingerprint density at radius 2 is 1.94 bits per heavy atom. The van der Waals surface area contributed by atoms with Gasteiger partial charge < -0.3 is 19.5 Å². The summed E-state index contributed by atoms with van der Waals surface area (Å²) in [7, 11) is 1.74. The second-order valence-corrected chi connectivity index (χ2v) is 8.49. The van der Waals surface area contributed by atoms with Gasteiger partial charge in [0.25, 0.3) is 12.4 Å². The number of rotatable bonds is 9. The van der Waals surface area contributed by atoms with Crippen LogP contribution in [0.4, 0.5) is 8.78 Å². The van der Waals surface area contributed by atoms with Gasteiger partial charge in [-0.3, -0.25) is 9.36 Å². The van der Waals surface area contributed by atoms with Crippen molar-refractivity contribution in [2.75, 3.05) is 6.61 Å². The van der Waals surface area contributed by atoms with E-state index in [1.165, 1.54) is 13.1 Å². The molecular formula is C21H29ClF2N4O4.